The molecule has 0 saturated heterocycles. The molecule has 2 N–H and O–H groups in total. The van der Waals surface area contributed by atoms with Gasteiger partial charge in [-0.1, -0.05) is 30.3 Å². The minimum Gasteiger partial charge on any atom is -0.467 e. The monoisotopic (exact) mass is 294 g/mol. The number of rotatable bonds is 7. The summed E-state index contributed by atoms with van der Waals surface area (Å²) in [6, 6.07) is 16.0. The predicted octanol–water partition coefficient (Wildman–Crippen LogP) is 3.34. The van der Waals surface area contributed by atoms with E-state index in [9.17, 15) is 0 Å². The largest absolute Gasteiger partial charge is 0.467 e. The van der Waals surface area contributed by atoms with Gasteiger partial charge in [-0.2, -0.15) is 4.98 Å². The van der Waals surface area contributed by atoms with Crippen LogP contribution in [-0.2, 0) is 13.0 Å². The molecule has 2 heterocycles. The molecule has 5 heteroatoms. The van der Waals surface area contributed by atoms with Crippen LogP contribution in [0.5, 0.6) is 0 Å². The molecule has 0 fully saturated rings. The summed E-state index contributed by atoms with van der Waals surface area (Å²) in [5.41, 5.74) is 1.29. The molecule has 0 bridgehead atoms. The van der Waals surface area contributed by atoms with Gasteiger partial charge < -0.3 is 15.1 Å². The Morgan fingerprint density at radius 1 is 0.955 bits per heavy atom. The van der Waals surface area contributed by atoms with Crippen LogP contribution in [0.1, 0.15) is 11.3 Å². The maximum absolute atomic E-state index is 5.28. The number of hydrogen-bond donors (Lipinski definition) is 2. The van der Waals surface area contributed by atoms with Crippen molar-refractivity contribution >= 4 is 11.8 Å². The second-order valence-electron chi connectivity index (χ2n) is 4.86. The maximum Gasteiger partial charge on any atom is 0.224 e. The van der Waals surface area contributed by atoms with E-state index in [1.54, 1.807) is 12.5 Å². The second-order valence-corrected chi connectivity index (χ2v) is 4.86. The van der Waals surface area contributed by atoms with Crippen LogP contribution >= 0.6 is 0 Å². The highest BCUT2D eigenvalue weighted by Gasteiger charge is 2.00. The van der Waals surface area contributed by atoms with Crippen molar-refractivity contribution < 1.29 is 4.42 Å². The Labute approximate surface area is 129 Å². The highest BCUT2D eigenvalue weighted by molar-refractivity contribution is 5.39. The van der Waals surface area contributed by atoms with E-state index in [-0.39, 0.29) is 0 Å². The van der Waals surface area contributed by atoms with Gasteiger partial charge in [-0.15, -0.1) is 0 Å². The Balaban J connectivity index is 1.50. The van der Waals surface area contributed by atoms with E-state index in [0.717, 1.165) is 24.5 Å². The van der Waals surface area contributed by atoms with Gasteiger partial charge in [0.25, 0.3) is 0 Å². The fraction of sp³-hybridized carbons (Fsp3) is 0.176. The van der Waals surface area contributed by atoms with Gasteiger partial charge in [-0.25, -0.2) is 4.98 Å². The summed E-state index contributed by atoms with van der Waals surface area (Å²) in [6.07, 6.45) is 4.34. The lowest BCUT2D eigenvalue weighted by molar-refractivity contribution is 0.518. The van der Waals surface area contributed by atoms with Crippen LogP contribution in [0, 0.1) is 0 Å². The molecular formula is C17H18N4O. The topological polar surface area (TPSA) is 63.0 Å². The van der Waals surface area contributed by atoms with E-state index in [0.29, 0.717) is 12.5 Å². The average molecular weight is 294 g/mol. The third-order valence-corrected chi connectivity index (χ3v) is 3.22. The van der Waals surface area contributed by atoms with E-state index >= 15 is 0 Å². The Morgan fingerprint density at radius 3 is 2.68 bits per heavy atom. The van der Waals surface area contributed by atoms with Crippen molar-refractivity contribution in [2.45, 2.75) is 13.0 Å². The third kappa shape index (κ3) is 4.09. The first-order valence-electron chi connectivity index (χ1n) is 7.27. The van der Waals surface area contributed by atoms with Crippen LogP contribution in [-0.4, -0.2) is 16.5 Å². The Hall–Kier alpha value is -2.82. The molecule has 3 aromatic rings. The number of nitrogens with zero attached hydrogens (tertiary/aromatic N) is 2. The Kier molecular flexibility index (Phi) is 4.67. The van der Waals surface area contributed by atoms with Gasteiger partial charge in [0.1, 0.15) is 11.6 Å². The average Bonchev–Trinajstić information content (AvgIpc) is 3.08. The molecule has 5 nitrogen and oxygen atoms in total. The van der Waals surface area contributed by atoms with Crippen molar-refractivity contribution in [3.05, 3.63) is 72.3 Å². The fourth-order valence-corrected chi connectivity index (χ4v) is 2.10. The summed E-state index contributed by atoms with van der Waals surface area (Å²) in [7, 11) is 0. The molecule has 1 aromatic carbocycles. The first-order valence-corrected chi connectivity index (χ1v) is 7.27. The molecule has 0 radical (unpaired) electrons. The number of furan rings is 1. The van der Waals surface area contributed by atoms with Crippen LogP contribution in [0.4, 0.5) is 11.8 Å². The standard InChI is InChI=1S/C17H18N4O/c1-2-5-14(6-3-1)8-10-18-17-19-11-9-16(21-17)20-13-15-7-4-12-22-15/h1-7,9,11-12H,8,10,13H2,(H2,18,19,20,21). The molecule has 2 aromatic heterocycles. The molecular weight excluding hydrogens is 276 g/mol. The molecule has 0 unspecified atom stereocenters. The van der Waals surface area contributed by atoms with Gasteiger partial charge in [-0.3, -0.25) is 0 Å². The zero-order valence-electron chi connectivity index (χ0n) is 12.2. The van der Waals surface area contributed by atoms with Gasteiger partial charge in [0.2, 0.25) is 5.95 Å². The predicted molar refractivity (Wildman–Crippen MR) is 86.7 cm³/mol. The van der Waals surface area contributed by atoms with Crippen LogP contribution in [0.25, 0.3) is 0 Å². The number of nitrogens with one attached hydrogen (secondary N) is 2. The van der Waals surface area contributed by atoms with Crippen molar-refractivity contribution in [3.8, 4) is 0 Å². The Morgan fingerprint density at radius 2 is 1.86 bits per heavy atom. The zero-order valence-corrected chi connectivity index (χ0v) is 12.2. The third-order valence-electron chi connectivity index (χ3n) is 3.22. The van der Waals surface area contributed by atoms with Gasteiger partial charge in [0.15, 0.2) is 0 Å². The highest BCUT2D eigenvalue weighted by atomic mass is 16.3. The molecule has 0 amide bonds. The van der Waals surface area contributed by atoms with Crippen LogP contribution in [0.3, 0.4) is 0 Å². The van der Waals surface area contributed by atoms with Gasteiger partial charge in [-0.05, 0) is 30.2 Å². The quantitative estimate of drug-likeness (QED) is 0.700. The van der Waals surface area contributed by atoms with Gasteiger partial charge in [0.05, 0.1) is 12.8 Å². The molecule has 0 aliphatic heterocycles. The second kappa shape index (κ2) is 7.26. The van der Waals surface area contributed by atoms with E-state index < -0.39 is 0 Å². The van der Waals surface area contributed by atoms with E-state index in [1.807, 2.05) is 36.4 Å². The summed E-state index contributed by atoms with van der Waals surface area (Å²) >= 11 is 0. The smallest absolute Gasteiger partial charge is 0.224 e. The molecule has 0 saturated carbocycles. The molecule has 0 spiro atoms. The van der Waals surface area contributed by atoms with E-state index in [1.165, 1.54) is 5.56 Å². The molecule has 0 aliphatic carbocycles. The summed E-state index contributed by atoms with van der Waals surface area (Å²) in [4.78, 5) is 8.66. The lowest BCUT2D eigenvalue weighted by atomic mass is 10.1. The van der Waals surface area contributed by atoms with Crippen molar-refractivity contribution in [3.63, 3.8) is 0 Å². The van der Waals surface area contributed by atoms with Crippen molar-refractivity contribution in [2.75, 3.05) is 17.2 Å². The van der Waals surface area contributed by atoms with Crippen molar-refractivity contribution in [2.24, 2.45) is 0 Å². The maximum atomic E-state index is 5.28. The summed E-state index contributed by atoms with van der Waals surface area (Å²) in [5.74, 6) is 2.27. The minimum atomic E-state index is 0.605. The minimum absolute atomic E-state index is 0.605. The molecule has 3 rings (SSSR count). The number of benzene rings is 1. The first-order chi connectivity index (χ1) is 10.9. The van der Waals surface area contributed by atoms with Crippen LogP contribution in [0.15, 0.2) is 65.4 Å². The molecule has 0 atom stereocenters. The molecule has 112 valence electrons. The van der Waals surface area contributed by atoms with Gasteiger partial charge in [0, 0.05) is 12.7 Å². The summed E-state index contributed by atoms with van der Waals surface area (Å²) < 4.78 is 5.28. The lowest BCUT2D eigenvalue weighted by Gasteiger charge is -2.07. The van der Waals surface area contributed by atoms with Crippen molar-refractivity contribution in [1.82, 2.24) is 9.97 Å². The highest BCUT2D eigenvalue weighted by Crippen LogP contribution is 2.09. The van der Waals surface area contributed by atoms with Gasteiger partial charge >= 0.3 is 0 Å². The summed E-state index contributed by atoms with van der Waals surface area (Å²) in [5, 5.41) is 6.45. The fourth-order valence-electron chi connectivity index (χ4n) is 2.10. The lowest BCUT2D eigenvalue weighted by Crippen LogP contribution is -2.09. The van der Waals surface area contributed by atoms with Crippen molar-refractivity contribution in [1.29, 1.82) is 0 Å². The number of aromatic nitrogens is 2. The zero-order chi connectivity index (χ0) is 15.0. The normalized spacial score (nSPS) is 10.4. The van der Waals surface area contributed by atoms with Crippen LogP contribution in [0.2, 0.25) is 0 Å². The van der Waals surface area contributed by atoms with Crippen LogP contribution < -0.4 is 10.6 Å². The first kappa shape index (κ1) is 14.1. The number of hydrogen-bond acceptors (Lipinski definition) is 5. The van der Waals surface area contributed by atoms with E-state index in [2.05, 4.69) is 32.7 Å². The molecule has 22 heavy (non-hydrogen) atoms. The van der Waals surface area contributed by atoms with E-state index in [4.69, 9.17) is 4.42 Å². The SMILES string of the molecule is c1ccc(CCNc2nccc(NCc3ccco3)n2)cc1. The molecule has 0 aliphatic rings. The number of anilines is 2. The summed E-state index contributed by atoms with van der Waals surface area (Å²) in [6.45, 7) is 1.40. The Bertz CT molecular complexity index is 683.